The highest BCUT2D eigenvalue weighted by Gasteiger charge is 2.44. The van der Waals surface area contributed by atoms with Gasteiger partial charge in [-0.15, -0.1) is 4.36 Å². The lowest BCUT2D eigenvalue weighted by atomic mass is 9.68. The highest BCUT2D eigenvalue weighted by molar-refractivity contribution is 7.91. The summed E-state index contributed by atoms with van der Waals surface area (Å²) < 4.78 is 23.6. The SMILES string of the molecule is C[C@H]1C/C=C\[C@H](O)[C@@H]2CC[C@H]2CN2C[C@@]3(CCCc4cc(Cl)ccc43)COc3ccc(cc32)C(=O)N=[S@@](N)(=O)C1. The van der Waals surface area contributed by atoms with Crippen molar-refractivity contribution in [3.05, 3.63) is 70.3 Å². The van der Waals surface area contributed by atoms with Crippen molar-refractivity contribution in [2.45, 2.75) is 57.0 Å². The van der Waals surface area contributed by atoms with Gasteiger partial charge in [0.05, 0.1) is 18.4 Å². The van der Waals surface area contributed by atoms with Crippen molar-refractivity contribution in [1.29, 1.82) is 0 Å². The Morgan fingerprint density at radius 2 is 2.08 bits per heavy atom. The summed E-state index contributed by atoms with van der Waals surface area (Å²) in [7, 11) is -3.21. The molecule has 7 nitrogen and oxygen atoms in total. The quantitative estimate of drug-likeness (QED) is 0.411. The van der Waals surface area contributed by atoms with Crippen LogP contribution in [-0.2, 0) is 21.8 Å². The van der Waals surface area contributed by atoms with Crippen molar-refractivity contribution >= 4 is 33.1 Å². The second-order valence-corrected chi connectivity index (χ2v) is 14.6. The maximum absolute atomic E-state index is 13.2. The van der Waals surface area contributed by atoms with Crippen molar-refractivity contribution in [2.75, 3.05) is 30.3 Å². The number of hydrogen-bond acceptors (Lipinski definition) is 5. The molecule has 1 spiro atoms. The Morgan fingerprint density at radius 1 is 1.23 bits per heavy atom. The van der Waals surface area contributed by atoms with Crippen molar-refractivity contribution in [3.8, 4) is 5.75 Å². The topological polar surface area (TPSA) is 105 Å². The van der Waals surface area contributed by atoms with E-state index < -0.39 is 21.9 Å². The van der Waals surface area contributed by atoms with Gasteiger partial charge in [0.2, 0.25) is 0 Å². The van der Waals surface area contributed by atoms with Crippen LogP contribution in [0, 0.1) is 17.8 Å². The minimum absolute atomic E-state index is 0.0389. The maximum atomic E-state index is 13.2. The molecule has 2 aromatic rings. The molecule has 0 radical (unpaired) electrons. The van der Waals surface area contributed by atoms with Crippen LogP contribution in [-0.4, -0.2) is 46.8 Å². The number of rotatable bonds is 0. The number of nitrogens with two attached hydrogens (primary N) is 1. The molecular weight excluding hydrogens is 546 g/mol. The summed E-state index contributed by atoms with van der Waals surface area (Å²) in [4.78, 5) is 15.6. The molecule has 1 saturated carbocycles. The zero-order valence-electron chi connectivity index (χ0n) is 22.9. The van der Waals surface area contributed by atoms with Gasteiger partial charge in [0.1, 0.15) is 15.7 Å². The summed E-state index contributed by atoms with van der Waals surface area (Å²) in [5, 5.41) is 17.8. The van der Waals surface area contributed by atoms with Crippen LogP contribution in [0.15, 0.2) is 52.9 Å². The van der Waals surface area contributed by atoms with E-state index >= 15 is 0 Å². The number of nitrogens with zero attached hydrogens (tertiary/aromatic N) is 2. The number of halogens is 1. The molecule has 0 aromatic heterocycles. The van der Waals surface area contributed by atoms with Crippen molar-refractivity contribution in [1.82, 2.24) is 0 Å². The van der Waals surface area contributed by atoms with Gasteiger partial charge in [0, 0.05) is 34.8 Å². The van der Waals surface area contributed by atoms with Crippen LogP contribution >= 0.6 is 11.6 Å². The summed E-state index contributed by atoms with van der Waals surface area (Å²) >= 11 is 6.38. The number of fused-ring (bicyclic) bond motifs is 4. The molecule has 2 aliphatic carbocycles. The van der Waals surface area contributed by atoms with Crippen LogP contribution in [0.3, 0.4) is 0 Å². The minimum atomic E-state index is -3.21. The Kier molecular flexibility index (Phi) is 7.49. The Bertz CT molecular complexity index is 1470. The molecule has 2 aliphatic heterocycles. The molecule has 40 heavy (non-hydrogen) atoms. The molecular formula is C31H38ClN3O4S. The largest absolute Gasteiger partial charge is 0.490 e. The van der Waals surface area contributed by atoms with Gasteiger partial charge >= 0.3 is 0 Å². The third-order valence-electron chi connectivity index (χ3n) is 9.29. The van der Waals surface area contributed by atoms with E-state index in [2.05, 4.69) is 21.4 Å². The Balaban J connectivity index is 1.44. The van der Waals surface area contributed by atoms with Crippen molar-refractivity contribution in [3.63, 3.8) is 0 Å². The van der Waals surface area contributed by atoms with Gasteiger partial charge in [-0.2, -0.15) is 0 Å². The van der Waals surface area contributed by atoms with Gasteiger partial charge in [0.15, 0.2) is 0 Å². The molecule has 1 fully saturated rings. The summed E-state index contributed by atoms with van der Waals surface area (Å²) in [5.41, 5.74) is 3.50. The lowest BCUT2D eigenvalue weighted by molar-refractivity contribution is 0.0456. The monoisotopic (exact) mass is 583 g/mol. The first kappa shape index (κ1) is 27.8. The average molecular weight is 584 g/mol. The third kappa shape index (κ3) is 5.43. The molecule has 214 valence electrons. The smallest absolute Gasteiger partial charge is 0.286 e. The fourth-order valence-corrected chi connectivity index (χ4v) is 8.71. The maximum Gasteiger partial charge on any atom is 0.286 e. The van der Waals surface area contributed by atoms with Crippen molar-refractivity contribution in [2.24, 2.45) is 27.3 Å². The first-order valence-electron chi connectivity index (χ1n) is 14.3. The van der Waals surface area contributed by atoms with Gasteiger partial charge in [-0.05, 0) is 97.7 Å². The second-order valence-electron chi connectivity index (χ2n) is 12.3. The third-order valence-corrected chi connectivity index (χ3v) is 11.0. The normalized spacial score (nSPS) is 34.9. The molecule has 2 heterocycles. The Labute approximate surface area is 242 Å². The first-order chi connectivity index (χ1) is 19.1. The molecule has 0 saturated heterocycles. The van der Waals surface area contributed by atoms with E-state index in [9.17, 15) is 14.1 Å². The van der Waals surface area contributed by atoms with Crippen LogP contribution in [0.2, 0.25) is 5.02 Å². The number of ether oxygens (including phenoxy) is 1. The fraction of sp³-hybridized carbons (Fsp3) is 0.516. The summed E-state index contributed by atoms with van der Waals surface area (Å²) in [6.07, 6.45) is 8.94. The highest BCUT2D eigenvalue weighted by Crippen LogP contribution is 2.46. The zero-order valence-corrected chi connectivity index (χ0v) is 24.5. The molecule has 4 aliphatic rings. The number of aliphatic hydroxyl groups is 1. The first-order valence-corrected chi connectivity index (χ1v) is 16.5. The van der Waals surface area contributed by atoms with Gasteiger partial charge in [-0.3, -0.25) is 4.79 Å². The molecule has 9 heteroatoms. The number of aryl methyl sites for hydroxylation is 1. The van der Waals surface area contributed by atoms with Crippen LogP contribution in [0.25, 0.3) is 0 Å². The zero-order chi connectivity index (χ0) is 28.1. The molecule has 0 unspecified atom stereocenters. The number of benzene rings is 2. The summed E-state index contributed by atoms with van der Waals surface area (Å²) in [6, 6.07) is 11.5. The fourth-order valence-electron chi connectivity index (χ4n) is 7.10. The standard InChI is InChI=1S/C31H38ClN3O4S/c1-20-4-2-6-28(36)25-10-7-23(25)16-35-18-31(13-3-5-21-14-24(32)9-11-26(21)31)19-39-29-12-8-22(15-27(29)35)30(37)34-40(33,38)17-20/h2,6,8-9,11-12,14-15,20,23,25,28,36H,3-5,7,10,13,16-19H2,1H3,(H2,33,34,37,38)/b6-2-/t20-,23-,25+,28-,31-,40+/m0/s1. The number of hydrogen-bond donors (Lipinski definition) is 2. The second kappa shape index (κ2) is 10.8. The van der Waals surface area contributed by atoms with Gasteiger partial charge in [-0.25, -0.2) is 9.35 Å². The van der Waals surface area contributed by atoms with E-state index in [1.54, 1.807) is 6.07 Å². The molecule has 2 bridgehead atoms. The number of carbonyl (C=O) groups excluding carboxylic acids is 1. The van der Waals surface area contributed by atoms with E-state index in [-0.39, 0.29) is 23.0 Å². The Morgan fingerprint density at radius 3 is 2.88 bits per heavy atom. The van der Waals surface area contributed by atoms with Crippen LogP contribution < -0.4 is 14.8 Å². The highest BCUT2D eigenvalue weighted by atomic mass is 35.5. The lowest BCUT2D eigenvalue weighted by Gasteiger charge is -2.45. The van der Waals surface area contributed by atoms with Crippen LogP contribution in [0.5, 0.6) is 5.75 Å². The number of anilines is 1. The molecule has 2 aromatic carbocycles. The predicted molar refractivity (Wildman–Crippen MR) is 159 cm³/mol. The minimum Gasteiger partial charge on any atom is -0.490 e. The summed E-state index contributed by atoms with van der Waals surface area (Å²) in [6.45, 7) is 3.93. The number of aliphatic hydroxyl groups excluding tert-OH is 1. The van der Waals surface area contributed by atoms with E-state index in [0.717, 1.165) is 55.9 Å². The molecule has 1 amide bonds. The van der Waals surface area contributed by atoms with E-state index in [1.165, 1.54) is 11.1 Å². The number of allylic oxidation sites excluding steroid dienone is 1. The van der Waals surface area contributed by atoms with E-state index in [4.69, 9.17) is 21.5 Å². The molecule has 3 N–H and O–H groups in total. The molecule has 6 rings (SSSR count). The van der Waals surface area contributed by atoms with Crippen LogP contribution in [0.4, 0.5) is 5.69 Å². The summed E-state index contributed by atoms with van der Waals surface area (Å²) in [5.74, 6) is 0.694. The van der Waals surface area contributed by atoms with Gasteiger partial charge in [0.25, 0.3) is 5.91 Å². The predicted octanol–water partition coefficient (Wildman–Crippen LogP) is 5.28. The molecule has 6 atom stereocenters. The number of carbonyl (C=O) groups is 1. The van der Waals surface area contributed by atoms with Gasteiger partial charge in [-0.1, -0.05) is 36.7 Å². The van der Waals surface area contributed by atoms with E-state index in [1.807, 2.05) is 37.3 Å². The van der Waals surface area contributed by atoms with Crippen LogP contribution in [0.1, 0.15) is 60.5 Å². The van der Waals surface area contributed by atoms with E-state index in [0.29, 0.717) is 30.3 Å². The number of amides is 1. The van der Waals surface area contributed by atoms with Gasteiger partial charge < -0.3 is 14.7 Å². The Hall–Kier alpha value is -2.39. The average Bonchev–Trinajstić information content (AvgIpc) is 3.02. The van der Waals surface area contributed by atoms with Crippen molar-refractivity contribution < 1.29 is 18.8 Å². The lowest BCUT2D eigenvalue weighted by Crippen LogP contribution is -2.49.